The molecule has 2 rings (SSSR count). The Labute approximate surface area is 112 Å². The first-order valence-electron chi connectivity index (χ1n) is 6.02. The molecule has 0 unspecified atom stereocenters. The van der Waals surface area contributed by atoms with Crippen LogP contribution in [0, 0.1) is 6.92 Å². The average Bonchev–Trinajstić information content (AvgIpc) is 2.74. The first kappa shape index (κ1) is 13.1. The molecule has 0 amide bonds. The molecule has 1 aromatic heterocycles. The number of hydrogen-bond donors (Lipinski definition) is 1. The van der Waals surface area contributed by atoms with Crippen LogP contribution < -0.4 is 5.32 Å². The van der Waals surface area contributed by atoms with Crippen molar-refractivity contribution in [1.82, 2.24) is 9.88 Å². The Morgan fingerprint density at radius 3 is 2.50 bits per heavy atom. The minimum Gasteiger partial charge on any atom is -0.380 e. The molecule has 18 heavy (non-hydrogen) atoms. The zero-order valence-electron chi connectivity index (χ0n) is 11.1. The summed E-state index contributed by atoms with van der Waals surface area (Å²) in [7, 11) is 4.16. The quantitative estimate of drug-likeness (QED) is 0.896. The van der Waals surface area contributed by atoms with E-state index in [1.165, 1.54) is 10.4 Å². The number of anilines is 1. The molecular formula is C14H19N3S. The third kappa shape index (κ3) is 3.82. The maximum absolute atomic E-state index is 4.25. The van der Waals surface area contributed by atoms with Crippen LogP contribution in [0.5, 0.6) is 0 Å². The summed E-state index contributed by atoms with van der Waals surface area (Å²) >= 11 is 1.74. The summed E-state index contributed by atoms with van der Waals surface area (Å²) in [4.78, 5) is 7.69. The number of aryl methyl sites for hydroxylation is 1. The molecule has 0 atom stereocenters. The molecule has 0 aliphatic rings. The van der Waals surface area contributed by atoms with Crippen molar-refractivity contribution < 1.29 is 0 Å². The summed E-state index contributed by atoms with van der Waals surface area (Å²) in [6.45, 7) is 3.86. The lowest BCUT2D eigenvalue weighted by Crippen LogP contribution is -2.10. The molecule has 2 aromatic rings. The van der Waals surface area contributed by atoms with Crippen molar-refractivity contribution in [2.24, 2.45) is 0 Å². The fourth-order valence-electron chi connectivity index (χ4n) is 1.77. The molecule has 0 fully saturated rings. The van der Waals surface area contributed by atoms with Crippen LogP contribution in [-0.4, -0.2) is 24.0 Å². The van der Waals surface area contributed by atoms with Crippen LogP contribution in [-0.2, 0) is 13.1 Å². The van der Waals surface area contributed by atoms with Gasteiger partial charge in [0.15, 0.2) is 0 Å². The van der Waals surface area contributed by atoms with Crippen molar-refractivity contribution in [3.05, 3.63) is 45.9 Å². The lowest BCUT2D eigenvalue weighted by Gasteiger charge is -2.10. The Morgan fingerprint density at radius 2 is 1.94 bits per heavy atom. The van der Waals surface area contributed by atoms with Crippen LogP contribution in [0.25, 0.3) is 0 Å². The highest BCUT2D eigenvalue weighted by Crippen LogP contribution is 2.15. The largest absolute Gasteiger partial charge is 0.380 e. The van der Waals surface area contributed by atoms with E-state index in [1.807, 2.05) is 13.1 Å². The monoisotopic (exact) mass is 261 g/mol. The second-order valence-corrected chi connectivity index (χ2v) is 5.95. The van der Waals surface area contributed by atoms with E-state index in [9.17, 15) is 0 Å². The van der Waals surface area contributed by atoms with Gasteiger partial charge in [-0.15, -0.1) is 11.3 Å². The summed E-state index contributed by atoms with van der Waals surface area (Å²) < 4.78 is 0. The maximum Gasteiger partial charge on any atom is 0.0897 e. The topological polar surface area (TPSA) is 28.2 Å². The molecule has 0 aliphatic heterocycles. The van der Waals surface area contributed by atoms with Crippen molar-refractivity contribution in [2.75, 3.05) is 19.4 Å². The van der Waals surface area contributed by atoms with E-state index in [4.69, 9.17) is 0 Å². The smallest absolute Gasteiger partial charge is 0.0897 e. The fourth-order valence-corrected chi connectivity index (χ4v) is 2.50. The van der Waals surface area contributed by atoms with Crippen LogP contribution in [0.4, 0.5) is 5.69 Å². The predicted molar refractivity (Wildman–Crippen MR) is 78.0 cm³/mol. The third-order valence-electron chi connectivity index (χ3n) is 2.59. The van der Waals surface area contributed by atoms with Crippen LogP contribution in [0.1, 0.15) is 15.4 Å². The van der Waals surface area contributed by atoms with E-state index >= 15 is 0 Å². The molecule has 1 heterocycles. The highest BCUT2D eigenvalue weighted by Gasteiger charge is 1.99. The molecule has 4 heteroatoms. The number of aromatic nitrogens is 1. The van der Waals surface area contributed by atoms with Gasteiger partial charge >= 0.3 is 0 Å². The molecule has 0 saturated carbocycles. The predicted octanol–water partition coefficient (Wildman–Crippen LogP) is 3.13. The number of thiazole rings is 1. The van der Waals surface area contributed by atoms with Crippen molar-refractivity contribution in [3.8, 4) is 0 Å². The van der Waals surface area contributed by atoms with Gasteiger partial charge in [-0.3, -0.25) is 0 Å². The number of nitrogens with zero attached hydrogens (tertiary/aromatic N) is 2. The second kappa shape index (κ2) is 5.98. The first-order chi connectivity index (χ1) is 8.63. The Balaban J connectivity index is 1.90. The van der Waals surface area contributed by atoms with Gasteiger partial charge in [0.05, 0.1) is 11.6 Å². The molecule has 96 valence electrons. The molecule has 3 nitrogen and oxygen atoms in total. The Kier molecular flexibility index (Phi) is 4.33. The van der Waals surface area contributed by atoms with Crippen LogP contribution in [0.2, 0.25) is 0 Å². The minimum absolute atomic E-state index is 0.846. The summed E-state index contributed by atoms with van der Waals surface area (Å²) in [6, 6.07) is 8.60. The Hall–Kier alpha value is -1.39. The van der Waals surface area contributed by atoms with Gasteiger partial charge in [0.1, 0.15) is 0 Å². The van der Waals surface area contributed by atoms with Gasteiger partial charge in [0.25, 0.3) is 0 Å². The first-order valence-corrected chi connectivity index (χ1v) is 6.84. The van der Waals surface area contributed by atoms with Crippen LogP contribution in [0.3, 0.4) is 0 Å². The SMILES string of the molecule is Cc1ncc(CNc2ccc(CN(C)C)cc2)s1. The third-order valence-corrected chi connectivity index (χ3v) is 3.50. The fraction of sp³-hybridized carbons (Fsp3) is 0.357. The van der Waals surface area contributed by atoms with Crippen LogP contribution in [0.15, 0.2) is 30.5 Å². The molecule has 1 aromatic carbocycles. The number of benzene rings is 1. The average molecular weight is 261 g/mol. The highest BCUT2D eigenvalue weighted by molar-refractivity contribution is 7.11. The molecular weight excluding hydrogens is 242 g/mol. The van der Waals surface area contributed by atoms with Crippen molar-refractivity contribution in [1.29, 1.82) is 0 Å². The lowest BCUT2D eigenvalue weighted by atomic mass is 10.2. The molecule has 0 saturated heterocycles. The highest BCUT2D eigenvalue weighted by atomic mass is 32.1. The molecule has 0 spiro atoms. The number of hydrogen-bond acceptors (Lipinski definition) is 4. The normalized spacial score (nSPS) is 10.9. The summed E-state index contributed by atoms with van der Waals surface area (Å²) in [5.74, 6) is 0. The zero-order valence-corrected chi connectivity index (χ0v) is 11.9. The molecule has 0 bridgehead atoms. The van der Waals surface area contributed by atoms with Crippen molar-refractivity contribution >= 4 is 17.0 Å². The van der Waals surface area contributed by atoms with Gasteiger partial charge in [-0.2, -0.15) is 0 Å². The Morgan fingerprint density at radius 1 is 1.22 bits per heavy atom. The number of nitrogens with one attached hydrogen (secondary N) is 1. The van der Waals surface area contributed by atoms with E-state index in [0.29, 0.717) is 0 Å². The molecule has 0 radical (unpaired) electrons. The van der Waals surface area contributed by atoms with Gasteiger partial charge in [0, 0.05) is 23.3 Å². The van der Waals surface area contributed by atoms with Crippen molar-refractivity contribution in [2.45, 2.75) is 20.0 Å². The summed E-state index contributed by atoms with van der Waals surface area (Å²) in [6.07, 6.45) is 1.94. The lowest BCUT2D eigenvalue weighted by molar-refractivity contribution is 0.402. The van der Waals surface area contributed by atoms with E-state index < -0.39 is 0 Å². The van der Waals surface area contributed by atoms with Crippen molar-refractivity contribution in [3.63, 3.8) is 0 Å². The second-order valence-electron chi connectivity index (χ2n) is 4.63. The van der Waals surface area contributed by atoms with Gasteiger partial charge in [-0.25, -0.2) is 4.98 Å². The van der Waals surface area contributed by atoms with Gasteiger partial charge in [-0.05, 0) is 38.7 Å². The van der Waals surface area contributed by atoms with Gasteiger partial charge in [-0.1, -0.05) is 12.1 Å². The molecule has 1 N–H and O–H groups in total. The summed E-state index contributed by atoms with van der Waals surface area (Å²) in [5.41, 5.74) is 2.49. The zero-order chi connectivity index (χ0) is 13.0. The minimum atomic E-state index is 0.846. The molecule has 0 aliphatic carbocycles. The van der Waals surface area contributed by atoms with E-state index in [-0.39, 0.29) is 0 Å². The van der Waals surface area contributed by atoms with Crippen LogP contribution >= 0.6 is 11.3 Å². The van der Waals surface area contributed by atoms with E-state index in [1.54, 1.807) is 11.3 Å². The number of rotatable bonds is 5. The van der Waals surface area contributed by atoms with Gasteiger partial charge < -0.3 is 10.2 Å². The van der Waals surface area contributed by atoms with Gasteiger partial charge in [0.2, 0.25) is 0 Å². The van der Waals surface area contributed by atoms with E-state index in [2.05, 4.69) is 53.6 Å². The maximum atomic E-state index is 4.25. The Bertz CT molecular complexity index is 488. The standard InChI is InChI=1S/C14H19N3S/c1-11-15-8-14(18-11)9-16-13-6-4-12(5-7-13)10-17(2)3/h4-8,16H,9-10H2,1-3H3. The van der Waals surface area contributed by atoms with E-state index in [0.717, 1.165) is 23.8 Å². The summed E-state index contributed by atoms with van der Waals surface area (Å²) in [5, 5.41) is 4.53.